The number of nitrogens with one attached hydrogen (secondary N) is 3. The molecule has 5 aromatic rings. The summed E-state index contributed by atoms with van der Waals surface area (Å²) in [4.78, 5) is 68.2. The van der Waals surface area contributed by atoms with Gasteiger partial charge in [0.15, 0.2) is 5.60 Å². The maximum absolute atomic E-state index is 12.3. The molecule has 6 N–H and O–H groups in total. The fraction of sp³-hybridized carbons (Fsp3) is 0.200. The number of carboxylic acids is 1. The van der Waals surface area contributed by atoms with Crippen LogP contribution in [0, 0.1) is 6.92 Å². The van der Waals surface area contributed by atoms with Crippen LogP contribution in [0.3, 0.4) is 0 Å². The Labute approximate surface area is 346 Å². The highest BCUT2D eigenvalue weighted by Gasteiger charge is 2.41. The molecule has 0 aromatic heterocycles. The Bertz CT molecular complexity index is 2350. The maximum Gasteiger partial charge on any atom is 0.335 e. The third-order valence-corrected chi connectivity index (χ3v) is 9.54. The molecule has 5 aromatic carbocycles. The first kappa shape index (κ1) is 44.9. The molecular weight excluding hydrogens is 776 g/mol. The molecule has 0 saturated carbocycles. The molecule has 14 heteroatoms. The lowest BCUT2D eigenvalue weighted by Crippen LogP contribution is -2.39. The van der Waals surface area contributed by atoms with Gasteiger partial charge >= 0.3 is 17.9 Å². The van der Waals surface area contributed by atoms with Crippen LogP contribution in [0.25, 0.3) is 0 Å². The second-order valence-corrected chi connectivity index (χ2v) is 13.7. The Hall–Kier alpha value is -6.83. The molecule has 306 valence electrons. The zero-order valence-corrected chi connectivity index (χ0v) is 32.6. The smallest absolute Gasteiger partial charge is 0.335 e. The van der Waals surface area contributed by atoms with Crippen LogP contribution in [0.15, 0.2) is 115 Å². The molecule has 0 bridgehead atoms. The predicted molar refractivity (Wildman–Crippen MR) is 224 cm³/mol. The summed E-state index contributed by atoms with van der Waals surface area (Å²) in [7, 11) is 1.26. The summed E-state index contributed by atoms with van der Waals surface area (Å²) in [5.41, 5.74) is 11.4. The summed E-state index contributed by atoms with van der Waals surface area (Å²) in [6.45, 7) is 3.33. The number of fused-ring (bicyclic) bond motifs is 2. The van der Waals surface area contributed by atoms with E-state index in [0.29, 0.717) is 40.4 Å². The number of hydrogen-bond acceptors (Lipinski definition) is 9. The molecule has 3 amide bonds. The van der Waals surface area contributed by atoms with Gasteiger partial charge in [-0.2, -0.15) is 0 Å². The number of nitrogens with two attached hydrogens (primary N) is 1. The highest BCUT2D eigenvalue weighted by atomic mass is 35.5. The number of benzene rings is 5. The first-order valence-corrected chi connectivity index (χ1v) is 18.4. The van der Waals surface area contributed by atoms with Crippen molar-refractivity contribution in [2.75, 3.05) is 24.3 Å². The quantitative estimate of drug-likeness (QED) is 0.0815. The lowest BCUT2D eigenvalue weighted by Gasteiger charge is -2.35. The van der Waals surface area contributed by atoms with E-state index in [9.17, 15) is 28.8 Å². The first-order valence-electron chi connectivity index (χ1n) is 18.0. The Balaban J connectivity index is 0.000000205. The molecule has 2 heterocycles. The van der Waals surface area contributed by atoms with Crippen LogP contribution < -0.4 is 21.7 Å². The van der Waals surface area contributed by atoms with E-state index >= 15 is 0 Å². The van der Waals surface area contributed by atoms with Crippen LogP contribution in [0.4, 0.5) is 11.4 Å². The van der Waals surface area contributed by atoms with Crippen LogP contribution in [-0.2, 0) is 47.1 Å². The van der Waals surface area contributed by atoms with Crippen molar-refractivity contribution in [3.63, 3.8) is 0 Å². The number of hydrogen-bond donors (Lipinski definition) is 5. The number of carbonyl (C=O) groups is 6. The van der Waals surface area contributed by atoms with Crippen molar-refractivity contribution in [2.45, 2.75) is 45.8 Å². The molecule has 2 aliphatic rings. The fourth-order valence-electron chi connectivity index (χ4n) is 6.29. The molecule has 2 aliphatic heterocycles. The van der Waals surface area contributed by atoms with Crippen LogP contribution in [0.1, 0.15) is 68.4 Å². The summed E-state index contributed by atoms with van der Waals surface area (Å²) < 4.78 is 10.5. The van der Waals surface area contributed by atoms with Crippen molar-refractivity contribution in [1.82, 2.24) is 5.32 Å². The van der Waals surface area contributed by atoms with Gasteiger partial charge in [-0.1, -0.05) is 110 Å². The molecule has 2 unspecified atom stereocenters. The summed E-state index contributed by atoms with van der Waals surface area (Å²) in [6, 6.07) is 33.7. The van der Waals surface area contributed by atoms with Gasteiger partial charge in [-0.25, -0.2) is 9.59 Å². The second kappa shape index (κ2) is 20.0. The van der Waals surface area contributed by atoms with Crippen LogP contribution in [0.5, 0.6) is 0 Å². The summed E-state index contributed by atoms with van der Waals surface area (Å²) in [5.74, 6) is -2.56. The Kier molecular flexibility index (Phi) is 15.2. The normalized spacial score (nSPS) is 13.4. The summed E-state index contributed by atoms with van der Waals surface area (Å²) in [5, 5.41) is 17.0. The van der Waals surface area contributed by atoms with Gasteiger partial charge in [-0.3, -0.25) is 19.2 Å². The second-order valence-electron chi connectivity index (χ2n) is 13.3. The largest absolute Gasteiger partial charge is 0.478 e. The zero-order chi connectivity index (χ0) is 42.0. The standard InChI is InChI=1S/C22H20ClNO2.C13H14N2O4.C9H7NO3.CH4/c1-16-11-13-18(14-12-16)22(26-21(25)15-24,17-7-3-2-4-8-17)19-9-5-6-10-20(19)23;1-7(13(18)19-2)14-12(17)9-4-3-8-6-11(16)15-10(8)5-9;11-8-4-5-1-2-6(9(12)13)3-7(5)10-8;/h2-14H,15,24H2,1H3;3-5,7H,6H2,1-2H3,(H,14,17)(H,15,16);1-3H,4H2,(H,10,11)(H,12,13);1H4. The number of aryl methyl sites for hydroxylation is 1. The number of carbonyl (C=O) groups excluding carboxylic acids is 5. The van der Waals surface area contributed by atoms with Gasteiger partial charge < -0.3 is 36.3 Å². The first-order chi connectivity index (χ1) is 27.7. The minimum Gasteiger partial charge on any atom is -0.478 e. The number of halogens is 1. The highest BCUT2D eigenvalue weighted by Crippen LogP contribution is 2.43. The van der Waals surface area contributed by atoms with Crippen molar-refractivity contribution in [1.29, 1.82) is 0 Å². The van der Waals surface area contributed by atoms with E-state index in [2.05, 4.69) is 20.7 Å². The third kappa shape index (κ3) is 10.8. The molecule has 2 atom stereocenters. The Morgan fingerprint density at radius 1 is 0.797 bits per heavy atom. The highest BCUT2D eigenvalue weighted by molar-refractivity contribution is 6.31. The van der Waals surface area contributed by atoms with Gasteiger partial charge in [-0.05, 0) is 55.3 Å². The number of esters is 2. The molecule has 0 spiro atoms. The van der Waals surface area contributed by atoms with E-state index in [1.807, 2.05) is 79.7 Å². The van der Waals surface area contributed by atoms with Gasteiger partial charge in [0.25, 0.3) is 5.91 Å². The van der Waals surface area contributed by atoms with E-state index in [1.54, 1.807) is 37.3 Å². The SMILES string of the molecule is C.COC(=O)C(C)NC(=O)c1ccc2c(c1)NC(=O)C2.Cc1ccc(C(OC(=O)CN)(c2ccccc2)c2ccccc2Cl)cc1.O=C1Cc2ccc(C(=O)O)cc2N1. The predicted octanol–water partition coefficient (Wildman–Crippen LogP) is 6.43. The molecule has 7 rings (SSSR count). The summed E-state index contributed by atoms with van der Waals surface area (Å²) in [6.07, 6.45) is 0.672. The summed E-state index contributed by atoms with van der Waals surface area (Å²) >= 11 is 6.54. The molecule has 0 aliphatic carbocycles. The third-order valence-electron chi connectivity index (χ3n) is 9.21. The van der Waals surface area contributed by atoms with Gasteiger partial charge in [0.2, 0.25) is 11.8 Å². The Morgan fingerprint density at radius 3 is 1.86 bits per heavy atom. The molecule has 59 heavy (non-hydrogen) atoms. The lowest BCUT2D eigenvalue weighted by atomic mass is 9.79. The van der Waals surface area contributed by atoms with Gasteiger partial charge in [-0.15, -0.1) is 0 Å². The number of amides is 3. The van der Waals surface area contributed by atoms with E-state index in [4.69, 9.17) is 27.2 Å². The van der Waals surface area contributed by atoms with Crippen molar-refractivity contribution >= 4 is 58.6 Å². The van der Waals surface area contributed by atoms with Crippen molar-refractivity contribution in [2.24, 2.45) is 5.73 Å². The van der Waals surface area contributed by atoms with Crippen molar-refractivity contribution in [3.05, 3.63) is 165 Å². The number of anilines is 2. The molecular formula is C45H45ClN4O9. The van der Waals surface area contributed by atoms with Crippen LogP contribution >= 0.6 is 11.6 Å². The lowest BCUT2D eigenvalue weighted by molar-refractivity contribution is -0.151. The fourth-order valence-corrected chi connectivity index (χ4v) is 6.56. The van der Waals surface area contributed by atoms with Crippen molar-refractivity contribution < 1.29 is 43.3 Å². The van der Waals surface area contributed by atoms with E-state index in [1.165, 1.54) is 19.2 Å². The number of rotatable bonds is 9. The van der Waals surface area contributed by atoms with E-state index < -0.39 is 29.6 Å². The average molecular weight is 821 g/mol. The van der Waals surface area contributed by atoms with Gasteiger partial charge in [0.05, 0.1) is 32.1 Å². The van der Waals surface area contributed by atoms with Gasteiger partial charge in [0.1, 0.15) is 6.04 Å². The number of carboxylic acid groups (broad SMARTS) is 1. The minimum atomic E-state index is -1.18. The molecule has 13 nitrogen and oxygen atoms in total. The molecule has 0 saturated heterocycles. The van der Waals surface area contributed by atoms with E-state index in [0.717, 1.165) is 27.8 Å². The molecule has 0 fully saturated rings. The van der Waals surface area contributed by atoms with Crippen LogP contribution in [0.2, 0.25) is 5.02 Å². The minimum absolute atomic E-state index is 0. The van der Waals surface area contributed by atoms with Gasteiger partial charge in [0, 0.05) is 38.7 Å². The molecule has 0 radical (unpaired) electrons. The zero-order valence-electron chi connectivity index (χ0n) is 31.8. The topological polar surface area (TPSA) is 203 Å². The maximum atomic E-state index is 12.3. The Morgan fingerprint density at radius 2 is 1.32 bits per heavy atom. The number of methoxy groups -OCH3 is 1. The van der Waals surface area contributed by atoms with Crippen LogP contribution in [-0.4, -0.2) is 60.4 Å². The van der Waals surface area contributed by atoms with Crippen molar-refractivity contribution in [3.8, 4) is 0 Å². The van der Waals surface area contributed by atoms with E-state index in [-0.39, 0.29) is 37.3 Å². The number of aromatic carboxylic acids is 1. The average Bonchev–Trinajstić information content (AvgIpc) is 3.80. The monoisotopic (exact) mass is 820 g/mol. The number of ether oxygens (including phenoxy) is 2.